The van der Waals surface area contributed by atoms with Crippen LogP contribution in [0.15, 0.2) is 18.2 Å². The summed E-state index contributed by atoms with van der Waals surface area (Å²) in [5, 5.41) is 5.02. The average Bonchev–Trinajstić information content (AvgIpc) is 2.40. The Kier molecular flexibility index (Phi) is 5.31. The third kappa shape index (κ3) is 3.39. The van der Waals surface area contributed by atoms with Crippen molar-refractivity contribution in [2.24, 2.45) is 5.92 Å². The van der Waals surface area contributed by atoms with Crippen LogP contribution in [0.5, 0.6) is 0 Å². The summed E-state index contributed by atoms with van der Waals surface area (Å²) >= 11 is 12.4. The van der Waals surface area contributed by atoms with Crippen LogP contribution >= 0.6 is 23.2 Å². The topological polar surface area (TPSA) is 21.3 Å². The lowest BCUT2D eigenvalue weighted by molar-refractivity contribution is 0.0393. The van der Waals surface area contributed by atoms with Crippen molar-refractivity contribution in [2.75, 3.05) is 19.8 Å². The fourth-order valence-corrected chi connectivity index (χ4v) is 2.95. The van der Waals surface area contributed by atoms with E-state index >= 15 is 0 Å². The predicted molar refractivity (Wildman–Crippen MR) is 76.4 cm³/mol. The molecule has 1 aliphatic rings. The van der Waals surface area contributed by atoms with Gasteiger partial charge < -0.3 is 10.1 Å². The Bertz CT molecular complexity index is 391. The van der Waals surface area contributed by atoms with Gasteiger partial charge in [-0.2, -0.15) is 0 Å². The molecular formula is C14H19Cl2NO. The molecule has 100 valence electrons. The first-order valence-electron chi connectivity index (χ1n) is 6.48. The molecule has 18 heavy (non-hydrogen) atoms. The Balaban J connectivity index is 2.24. The summed E-state index contributed by atoms with van der Waals surface area (Å²) in [4.78, 5) is 0. The monoisotopic (exact) mass is 287 g/mol. The molecule has 1 aromatic rings. The van der Waals surface area contributed by atoms with Gasteiger partial charge in [-0.05, 0) is 43.1 Å². The fourth-order valence-electron chi connectivity index (χ4n) is 2.53. The highest BCUT2D eigenvalue weighted by Gasteiger charge is 2.26. The van der Waals surface area contributed by atoms with Gasteiger partial charge in [-0.25, -0.2) is 0 Å². The number of hydrogen-bond donors (Lipinski definition) is 1. The summed E-state index contributed by atoms with van der Waals surface area (Å²) in [7, 11) is 0. The molecular weight excluding hydrogens is 269 g/mol. The fraction of sp³-hybridized carbons (Fsp3) is 0.571. The molecule has 2 unspecified atom stereocenters. The highest BCUT2D eigenvalue weighted by molar-refractivity contribution is 6.33. The number of nitrogens with one attached hydrogen (secondary N) is 1. The Labute approximate surface area is 119 Å². The molecule has 4 heteroatoms. The minimum Gasteiger partial charge on any atom is -0.381 e. The van der Waals surface area contributed by atoms with E-state index in [1.165, 1.54) is 6.42 Å². The molecule has 1 aliphatic heterocycles. The normalized spacial score (nSPS) is 21.8. The lowest BCUT2D eigenvalue weighted by Gasteiger charge is -2.31. The quantitative estimate of drug-likeness (QED) is 0.901. The van der Waals surface area contributed by atoms with Crippen molar-refractivity contribution in [3.05, 3.63) is 33.8 Å². The van der Waals surface area contributed by atoms with E-state index in [-0.39, 0.29) is 6.04 Å². The zero-order valence-electron chi connectivity index (χ0n) is 10.6. The SMILES string of the molecule is CCNC(c1cc(Cl)ccc1Cl)C1CCCOC1. The second-order valence-corrected chi connectivity index (χ2v) is 5.52. The summed E-state index contributed by atoms with van der Waals surface area (Å²) < 4.78 is 5.58. The number of benzene rings is 1. The van der Waals surface area contributed by atoms with Gasteiger partial charge in [0.05, 0.1) is 6.61 Å². The highest BCUT2D eigenvalue weighted by atomic mass is 35.5. The lowest BCUT2D eigenvalue weighted by atomic mass is 9.88. The first kappa shape index (κ1) is 14.1. The second-order valence-electron chi connectivity index (χ2n) is 4.68. The number of hydrogen-bond acceptors (Lipinski definition) is 2. The summed E-state index contributed by atoms with van der Waals surface area (Å²) in [6.45, 7) is 4.68. The molecule has 0 radical (unpaired) electrons. The van der Waals surface area contributed by atoms with Crippen LogP contribution in [0.2, 0.25) is 10.0 Å². The largest absolute Gasteiger partial charge is 0.381 e. The van der Waals surface area contributed by atoms with Gasteiger partial charge in [0, 0.05) is 28.6 Å². The molecule has 2 atom stereocenters. The van der Waals surface area contributed by atoms with Crippen molar-refractivity contribution >= 4 is 23.2 Å². The second kappa shape index (κ2) is 6.76. The van der Waals surface area contributed by atoms with Crippen LogP contribution in [0.3, 0.4) is 0 Å². The summed E-state index contributed by atoms with van der Waals surface area (Å²) in [6, 6.07) is 5.88. The van der Waals surface area contributed by atoms with Crippen molar-refractivity contribution in [3.63, 3.8) is 0 Å². The summed E-state index contributed by atoms with van der Waals surface area (Å²) in [5.41, 5.74) is 1.08. The Morgan fingerprint density at radius 3 is 2.94 bits per heavy atom. The van der Waals surface area contributed by atoms with Crippen LogP contribution in [0.1, 0.15) is 31.4 Å². The van der Waals surface area contributed by atoms with Crippen LogP contribution in [0, 0.1) is 5.92 Å². The number of ether oxygens (including phenoxy) is 1. The molecule has 2 rings (SSSR count). The highest BCUT2D eigenvalue weighted by Crippen LogP contribution is 2.34. The van der Waals surface area contributed by atoms with Crippen molar-refractivity contribution in [1.82, 2.24) is 5.32 Å². The molecule has 0 amide bonds. The minimum absolute atomic E-state index is 0.224. The maximum atomic E-state index is 6.31. The smallest absolute Gasteiger partial charge is 0.0512 e. The number of halogens is 2. The van der Waals surface area contributed by atoms with E-state index in [0.29, 0.717) is 5.92 Å². The third-order valence-electron chi connectivity index (χ3n) is 3.38. The molecule has 0 aliphatic carbocycles. The zero-order valence-corrected chi connectivity index (χ0v) is 12.1. The van der Waals surface area contributed by atoms with E-state index in [0.717, 1.165) is 41.8 Å². The van der Waals surface area contributed by atoms with E-state index in [9.17, 15) is 0 Å². The van der Waals surface area contributed by atoms with Crippen molar-refractivity contribution in [2.45, 2.75) is 25.8 Å². The van der Waals surface area contributed by atoms with Gasteiger partial charge in [0.1, 0.15) is 0 Å². The molecule has 1 fully saturated rings. The van der Waals surface area contributed by atoms with Gasteiger partial charge in [0.2, 0.25) is 0 Å². The molecule has 2 nitrogen and oxygen atoms in total. The van der Waals surface area contributed by atoms with E-state index in [1.807, 2.05) is 18.2 Å². The minimum atomic E-state index is 0.224. The summed E-state index contributed by atoms with van der Waals surface area (Å²) in [6.07, 6.45) is 2.28. The van der Waals surface area contributed by atoms with E-state index in [2.05, 4.69) is 12.2 Å². The van der Waals surface area contributed by atoms with Crippen molar-refractivity contribution < 1.29 is 4.74 Å². The van der Waals surface area contributed by atoms with Gasteiger partial charge in [-0.3, -0.25) is 0 Å². The predicted octanol–water partition coefficient (Wildman–Crippen LogP) is 4.07. The van der Waals surface area contributed by atoms with Gasteiger partial charge >= 0.3 is 0 Å². The standard InChI is InChI=1S/C14H19Cl2NO/c1-2-17-14(10-4-3-7-18-9-10)12-8-11(15)5-6-13(12)16/h5-6,8,10,14,17H,2-4,7,9H2,1H3. The van der Waals surface area contributed by atoms with Gasteiger partial charge in [0.25, 0.3) is 0 Å². The van der Waals surface area contributed by atoms with Crippen LogP contribution < -0.4 is 5.32 Å². The first-order valence-corrected chi connectivity index (χ1v) is 7.24. The van der Waals surface area contributed by atoms with Crippen molar-refractivity contribution in [1.29, 1.82) is 0 Å². The van der Waals surface area contributed by atoms with Crippen LogP contribution in [0.25, 0.3) is 0 Å². The van der Waals surface area contributed by atoms with E-state index in [1.54, 1.807) is 0 Å². The third-order valence-corrected chi connectivity index (χ3v) is 3.96. The maximum absolute atomic E-state index is 6.31. The Hall–Kier alpha value is -0.280. The Morgan fingerprint density at radius 1 is 1.44 bits per heavy atom. The van der Waals surface area contributed by atoms with E-state index in [4.69, 9.17) is 27.9 Å². The molecule has 0 spiro atoms. The molecule has 1 aromatic carbocycles. The van der Waals surface area contributed by atoms with Gasteiger partial charge in [0.15, 0.2) is 0 Å². The summed E-state index contributed by atoms with van der Waals surface area (Å²) in [5.74, 6) is 0.467. The Morgan fingerprint density at radius 2 is 2.28 bits per heavy atom. The molecule has 1 heterocycles. The molecule has 0 aromatic heterocycles. The van der Waals surface area contributed by atoms with Gasteiger partial charge in [-0.15, -0.1) is 0 Å². The number of rotatable bonds is 4. The molecule has 1 N–H and O–H groups in total. The maximum Gasteiger partial charge on any atom is 0.0512 e. The van der Waals surface area contributed by atoms with Crippen LogP contribution in [0.4, 0.5) is 0 Å². The van der Waals surface area contributed by atoms with Crippen molar-refractivity contribution in [3.8, 4) is 0 Å². The van der Waals surface area contributed by atoms with E-state index < -0.39 is 0 Å². The average molecular weight is 288 g/mol. The van der Waals surface area contributed by atoms with Gasteiger partial charge in [-0.1, -0.05) is 30.1 Å². The molecule has 0 saturated carbocycles. The lowest BCUT2D eigenvalue weighted by Crippen LogP contribution is -2.33. The molecule has 0 bridgehead atoms. The zero-order chi connectivity index (χ0) is 13.0. The molecule has 1 saturated heterocycles. The van der Waals surface area contributed by atoms with Crippen LogP contribution in [-0.2, 0) is 4.74 Å². The van der Waals surface area contributed by atoms with Crippen LogP contribution in [-0.4, -0.2) is 19.8 Å². The first-order chi connectivity index (χ1) is 8.72.